The van der Waals surface area contributed by atoms with E-state index in [0.29, 0.717) is 22.8 Å². The van der Waals surface area contributed by atoms with Gasteiger partial charge in [0.05, 0.1) is 18.6 Å². The van der Waals surface area contributed by atoms with Crippen LogP contribution in [-0.4, -0.2) is 42.6 Å². The molecule has 0 spiro atoms. The highest BCUT2D eigenvalue weighted by molar-refractivity contribution is 5.92. The molecule has 5 rings (SSSR count). The Morgan fingerprint density at radius 2 is 1.28 bits per heavy atom. The number of hydrogen-bond donors (Lipinski definition) is 2. The summed E-state index contributed by atoms with van der Waals surface area (Å²) in [4.78, 5) is 12.8. The molecule has 0 radical (unpaired) electrons. The maximum Gasteiger partial charge on any atom is 0.338 e. The smallest absolute Gasteiger partial charge is 0.338 e. The van der Waals surface area contributed by atoms with E-state index in [9.17, 15) is 15.0 Å². The minimum atomic E-state index is -0.830. The zero-order valence-corrected chi connectivity index (χ0v) is 21.7. The van der Waals surface area contributed by atoms with E-state index in [1.54, 1.807) is 6.92 Å². The summed E-state index contributed by atoms with van der Waals surface area (Å²) in [5.41, 5.74) is 5.30. The predicted octanol–water partition coefficient (Wildman–Crippen LogP) is 5.27. The van der Waals surface area contributed by atoms with E-state index >= 15 is 0 Å². The van der Waals surface area contributed by atoms with Crippen molar-refractivity contribution in [3.63, 3.8) is 0 Å². The molecule has 198 valence electrons. The summed E-state index contributed by atoms with van der Waals surface area (Å²) in [5, 5.41) is 18.4. The molecule has 0 aliphatic heterocycles. The molecular formula is C33H30O6. The Hall–Kier alpha value is -4.39. The Labute approximate surface area is 227 Å². The maximum absolute atomic E-state index is 12.8. The van der Waals surface area contributed by atoms with E-state index in [-0.39, 0.29) is 26.4 Å². The van der Waals surface area contributed by atoms with E-state index in [4.69, 9.17) is 14.2 Å². The lowest BCUT2D eigenvalue weighted by atomic mass is 9.67. The summed E-state index contributed by atoms with van der Waals surface area (Å²) in [5.74, 6) is 1.25. The normalized spacial score (nSPS) is 12.8. The summed E-state index contributed by atoms with van der Waals surface area (Å²) in [6.45, 7) is 5.65. The fourth-order valence-electron chi connectivity index (χ4n) is 5.29. The van der Waals surface area contributed by atoms with E-state index in [2.05, 4.69) is 18.7 Å². The van der Waals surface area contributed by atoms with Crippen LogP contribution in [0.1, 0.15) is 29.2 Å². The van der Waals surface area contributed by atoms with Gasteiger partial charge in [-0.3, -0.25) is 0 Å². The van der Waals surface area contributed by atoms with Crippen LogP contribution < -0.4 is 14.2 Å². The van der Waals surface area contributed by atoms with Crippen molar-refractivity contribution in [2.45, 2.75) is 12.3 Å². The first-order valence-electron chi connectivity index (χ1n) is 12.8. The molecular weight excluding hydrogens is 492 g/mol. The van der Waals surface area contributed by atoms with Crippen LogP contribution in [0.15, 0.2) is 103 Å². The molecule has 0 atom stereocenters. The molecule has 6 heteroatoms. The SMILES string of the molecule is C=C(C)C(=O)Oc1cccc2c1C(c1ccc(OCCO)cc1)(c1ccc(OCCO)cc1)c1ccccc1-2. The Bertz CT molecular complexity index is 1440. The number of aliphatic hydroxyl groups excluding tert-OH is 2. The van der Waals surface area contributed by atoms with Crippen molar-refractivity contribution in [3.8, 4) is 28.4 Å². The van der Waals surface area contributed by atoms with Gasteiger partial charge in [-0.05, 0) is 65.1 Å². The lowest BCUT2D eigenvalue weighted by molar-refractivity contribution is -0.130. The molecule has 0 fully saturated rings. The van der Waals surface area contributed by atoms with Gasteiger partial charge in [-0.15, -0.1) is 0 Å². The van der Waals surface area contributed by atoms with E-state index < -0.39 is 11.4 Å². The number of benzene rings is 4. The first kappa shape index (κ1) is 26.2. The third-order valence-corrected chi connectivity index (χ3v) is 6.87. The van der Waals surface area contributed by atoms with Gasteiger partial charge in [-0.2, -0.15) is 0 Å². The number of hydrogen-bond acceptors (Lipinski definition) is 6. The lowest BCUT2D eigenvalue weighted by Gasteiger charge is -2.34. The minimum absolute atomic E-state index is 0.0748. The molecule has 4 aromatic carbocycles. The monoisotopic (exact) mass is 522 g/mol. The van der Waals surface area contributed by atoms with Crippen molar-refractivity contribution in [2.75, 3.05) is 26.4 Å². The topological polar surface area (TPSA) is 85.2 Å². The van der Waals surface area contributed by atoms with Crippen molar-refractivity contribution in [3.05, 3.63) is 125 Å². The van der Waals surface area contributed by atoms with E-state index in [1.807, 2.05) is 78.9 Å². The van der Waals surface area contributed by atoms with Gasteiger partial charge in [0, 0.05) is 11.1 Å². The Morgan fingerprint density at radius 1 is 0.744 bits per heavy atom. The van der Waals surface area contributed by atoms with Crippen molar-refractivity contribution in [2.24, 2.45) is 0 Å². The van der Waals surface area contributed by atoms with Crippen LogP contribution in [0.3, 0.4) is 0 Å². The second kappa shape index (κ2) is 11.2. The number of carbonyl (C=O) groups is 1. The molecule has 0 bridgehead atoms. The number of carbonyl (C=O) groups excluding carboxylic acids is 1. The molecule has 1 aliphatic carbocycles. The van der Waals surface area contributed by atoms with Crippen LogP contribution >= 0.6 is 0 Å². The molecule has 2 N–H and O–H groups in total. The molecule has 0 heterocycles. The fourth-order valence-corrected chi connectivity index (χ4v) is 5.29. The molecule has 1 aliphatic rings. The maximum atomic E-state index is 12.8. The third kappa shape index (κ3) is 4.69. The number of ether oxygens (including phenoxy) is 3. The predicted molar refractivity (Wildman–Crippen MR) is 149 cm³/mol. The summed E-state index contributed by atoms with van der Waals surface area (Å²) >= 11 is 0. The standard InChI is InChI=1S/C33H30O6/c1-22(2)32(36)39-30-9-5-7-28-27-6-3-4-8-29(27)33(31(28)30,23-10-14-25(15-11-23)37-20-18-34)24-12-16-26(17-13-24)38-21-19-35/h3-17,34-35H,1,18-21H2,2H3. The molecule has 0 unspecified atom stereocenters. The zero-order valence-electron chi connectivity index (χ0n) is 21.7. The van der Waals surface area contributed by atoms with Crippen LogP contribution in [0.25, 0.3) is 11.1 Å². The largest absolute Gasteiger partial charge is 0.491 e. The summed E-state index contributed by atoms with van der Waals surface area (Å²) < 4.78 is 17.2. The van der Waals surface area contributed by atoms with Crippen LogP contribution in [0, 0.1) is 0 Å². The van der Waals surface area contributed by atoms with Gasteiger partial charge in [-0.25, -0.2) is 4.79 Å². The average molecular weight is 523 g/mol. The first-order chi connectivity index (χ1) is 19.0. The highest BCUT2D eigenvalue weighted by Gasteiger charge is 2.48. The summed E-state index contributed by atoms with van der Waals surface area (Å²) in [6, 6.07) is 29.5. The van der Waals surface area contributed by atoms with Crippen LogP contribution in [0.4, 0.5) is 0 Å². The Balaban J connectivity index is 1.79. The Morgan fingerprint density at radius 3 is 1.82 bits per heavy atom. The minimum Gasteiger partial charge on any atom is -0.491 e. The molecule has 0 amide bonds. The lowest BCUT2D eigenvalue weighted by Crippen LogP contribution is -2.29. The average Bonchev–Trinajstić information content (AvgIpc) is 3.27. The molecule has 0 saturated heterocycles. The second-order valence-electron chi connectivity index (χ2n) is 9.34. The quantitative estimate of drug-likeness (QED) is 0.148. The van der Waals surface area contributed by atoms with Gasteiger partial charge in [0.25, 0.3) is 0 Å². The molecule has 0 saturated carbocycles. The van der Waals surface area contributed by atoms with Gasteiger partial charge in [0.1, 0.15) is 30.5 Å². The van der Waals surface area contributed by atoms with Crippen molar-refractivity contribution in [1.29, 1.82) is 0 Å². The van der Waals surface area contributed by atoms with Crippen LogP contribution in [0.2, 0.25) is 0 Å². The van der Waals surface area contributed by atoms with Crippen molar-refractivity contribution < 1.29 is 29.2 Å². The summed E-state index contributed by atoms with van der Waals surface area (Å²) in [7, 11) is 0. The molecule has 39 heavy (non-hydrogen) atoms. The zero-order chi connectivity index (χ0) is 27.4. The fraction of sp³-hybridized carbons (Fsp3) is 0.182. The van der Waals surface area contributed by atoms with Gasteiger partial charge in [0.2, 0.25) is 0 Å². The van der Waals surface area contributed by atoms with E-state index in [1.165, 1.54) is 0 Å². The molecule has 0 aromatic heterocycles. The van der Waals surface area contributed by atoms with Gasteiger partial charge < -0.3 is 24.4 Å². The number of esters is 1. The number of aliphatic hydroxyl groups is 2. The van der Waals surface area contributed by atoms with Crippen molar-refractivity contribution in [1.82, 2.24) is 0 Å². The number of rotatable bonds is 10. The molecule has 4 aromatic rings. The number of fused-ring (bicyclic) bond motifs is 3. The van der Waals surface area contributed by atoms with Gasteiger partial charge in [-0.1, -0.05) is 67.2 Å². The van der Waals surface area contributed by atoms with E-state index in [0.717, 1.165) is 33.4 Å². The second-order valence-corrected chi connectivity index (χ2v) is 9.34. The van der Waals surface area contributed by atoms with Crippen LogP contribution in [-0.2, 0) is 10.2 Å². The van der Waals surface area contributed by atoms with Crippen molar-refractivity contribution >= 4 is 5.97 Å². The van der Waals surface area contributed by atoms with Gasteiger partial charge in [0.15, 0.2) is 0 Å². The first-order valence-corrected chi connectivity index (χ1v) is 12.8. The highest BCUT2D eigenvalue weighted by Crippen LogP contribution is 2.59. The highest BCUT2D eigenvalue weighted by atomic mass is 16.5. The van der Waals surface area contributed by atoms with Crippen LogP contribution in [0.5, 0.6) is 17.2 Å². The third-order valence-electron chi connectivity index (χ3n) is 6.87. The van der Waals surface area contributed by atoms with Gasteiger partial charge >= 0.3 is 5.97 Å². The summed E-state index contributed by atoms with van der Waals surface area (Å²) in [6.07, 6.45) is 0. The molecule has 6 nitrogen and oxygen atoms in total. The Kier molecular flexibility index (Phi) is 7.50.